The Bertz CT molecular complexity index is 1050. The Labute approximate surface area is 154 Å². The maximum absolute atomic E-state index is 13.4. The molecule has 1 heterocycles. The highest BCUT2D eigenvalue weighted by Crippen LogP contribution is 2.32. The van der Waals surface area contributed by atoms with Crippen molar-refractivity contribution in [1.29, 1.82) is 0 Å². The summed E-state index contributed by atoms with van der Waals surface area (Å²) in [4.78, 5) is 0. The van der Waals surface area contributed by atoms with Crippen molar-refractivity contribution in [2.24, 2.45) is 0 Å². The fourth-order valence-electron chi connectivity index (χ4n) is 2.60. The molecule has 0 unspecified atom stereocenters. The second-order valence-corrected chi connectivity index (χ2v) is 5.95. The van der Waals surface area contributed by atoms with Crippen molar-refractivity contribution in [3.05, 3.63) is 89.8 Å². The largest absolute Gasteiger partial charge is 0.455 e. The second-order valence-electron chi connectivity index (χ2n) is 5.54. The topological polar surface area (TPSA) is 39.9 Å². The van der Waals surface area contributed by atoms with Crippen molar-refractivity contribution in [3.8, 4) is 28.4 Å². The lowest BCUT2D eigenvalue weighted by Gasteiger charge is -2.13. The Morgan fingerprint density at radius 2 is 1.69 bits per heavy atom. The van der Waals surface area contributed by atoms with E-state index < -0.39 is 5.82 Å². The molecule has 0 aliphatic heterocycles. The first-order valence-electron chi connectivity index (χ1n) is 7.91. The lowest BCUT2D eigenvalue weighted by molar-refractivity contribution is 0.476. The third-order valence-electron chi connectivity index (χ3n) is 3.83. The van der Waals surface area contributed by atoms with Crippen LogP contribution in [-0.4, -0.2) is 15.0 Å². The van der Waals surface area contributed by atoms with Crippen LogP contribution < -0.4 is 4.74 Å². The van der Waals surface area contributed by atoms with Crippen LogP contribution in [0.15, 0.2) is 79.0 Å². The van der Waals surface area contributed by atoms with Gasteiger partial charge in [-0.2, -0.15) is 0 Å². The highest BCUT2D eigenvalue weighted by Gasteiger charge is 2.14. The molecule has 0 N–H and O–H groups in total. The van der Waals surface area contributed by atoms with Crippen LogP contribution in [0.3, 0.4) is 0 Å². The summed E-state index contributed by atoms with van der Waals surface area (Å²) in [5.74, 6) is 0.498. The molecule has 0 aliphatic carbocycles. The van der Waals surface area contributed by atoms with E-state index in [9.17, 15) is 4.39 Å². The molecular formula is C20H13ClFN3O. The highest BCUT2D eigenvalue weighted by atomic mass is 35.5. The summed E-state index contributed by atoms with van der Waals surface area (Å²) in [6, 6.07) is 21.5. The zero-order chi connectivity index (χ0) is 17.9. The number of ether oxygens (including phenoxy) is 1. The molecule has 0 radical (unpaired) electrons. The Balaban J connectivity index is 1.76. The van der Waals surface area contributed by atoms with E-state index in [4.69, 9.17) is 16.3 Å². The van der Waals surface area contributed by atoms with Gasteiger partial charge in [-0.05, 0) is 24.3 Å². The number of halogens is 2. The summed E-state index contributed by atoms with van der Waals surface area (Å²) in [6.45, 7) is 0. The van der Waals surface area contributed by atoms with E-state index in [0.29, 0.717) is 17.2 Å². The number of benzene rings is 3. The van der Waals surface area contributed by atoms with Crippen LogP contribution in [0.5, 0.6) is 11.5 Å². The lowest BCUT2D eigenvalue weighted by Crippen LogP contribution is -2.02. The normalized spacial score (nSPS) is 10.7. The van der Waals surface area contributed by atoms with Gasteiger partial charge in [0, 0.05) is 11.6 Å². The molecule has 0 saturated heterocycles. The standard InChI is InChI=1S/C20H13ClFN3O/c21-16-12-15(10-11-17(16)22)26-20-9-5-4-8-18(20)25-19(13-23-24-25)14-6-2-1-3-7-14/h1-13H. The molecule has 0 amide bonds. The van der Waals surface area contributed by atoms with Gasteiger partial charge in [-0.1, -0.05) is 59.3 Å². The Hall–Kier alpha value is -3.18. The van der Waals surface area contributed by atoms with Crippen molar-refractivity contribution in [1.82, 2.24) is 15.0 Å². The smallest absolute Gasteiger partial charge is 0.153 e. The number of nitrogens with zero attached hydrogens (tertiary/aromatic N) is 3. The third-order valence-corrected chi connectivity index (χ3v) is 4.12. The van der Waals surface area contributed by atoms with Gasteiger partial charge in [-0.15, -0.1) is 5.10 Å². The predicted molar refractivity (Wildman–Crippen MR) is 98.3 cm³/mol. The number of hydrogen-bond donors (Lipinski definition) is 0. The molecular weight excluding hydrogens is 353 g/mol. The van der Waals surface area contributed by atoms with Crippen molar-refractivity contribution in [2.45, 2.75) is 0 Å². The van der Waals surface area contributed by atoms with Gasteiger partial charge in [-0.3, -0.25) is 0 Å². The van der Waals surface area contributed by atoms with Crippen LogP contribution in [-0.2, 0) is 0 Å². The maximum Gasteiger partial charge on any atom is 0.153 e. The summed E-state index contributed by atoms with van der Waals surface area (Å²) in [5, 5.41) is 8.24. The minimum Gasteiger partial charge on any atom is -0.455 e. The van der Waals surface area contributed by atoms with E-state index in [1.54, 1.807) is 10.9 Å². The Kier molecular flexibility index (Phi) is 4.37. The first-order valence-corrected chi connectivity index (χ1v) is 8.28. The van der Waals surface area contributed by atoms with Crippen LogP contribution in [0.4, 0.5) is 4.39 Å². The van der Waals surface area contributed by atoms with Gasteiger partial charge in [-0.25, -0.2) is 9.07 Å². The quantitative estimate of drug-likeness (QED) is 0.478. The molecule has 4 aromatic rings. The van der Waals surface area contributed by atoms with Crippen LogP contribution in [0, 0.1) is 5.82 Å². The van der Waals surface area contributed by atoms with Crippen LogP contribution in [0.1, 0.15) is 0 Å². The summed E-state index contributed by atoms with van der Waals surface area (Å²) in [7, 11) is 0. The molecule has 0 bridgehead atoms. The fourth-order valence-corrected chi connectivity index (χ4v) is 2.77. The van der Waals surface area contributed by atoms with Gasteiger partial charge in [0.1, 0.15) is 17.3 Å². The van der Waals surface area contributed by atoms with E-state index in [1.165, 1.54) is 18.2 Å². The second kappa shape index (κ2) is 6.98. The summed E-state index contributed by atoms with van der Waals surface area (Å²) in [6.07, 6.45) is 1.70. The summed E-state index contributed by atoms with van der Waals surface area (Å²) in [5.41, 5.74) is 2.53. The summed E-state index contributed by atoms with van der Waals surface area (Å²) < 4.78 is 21.0. The first kappa shape index (κ1) is 16.3. The van der Waals surface area contributed by atoms with Gasteiger partial charge in [0.05, 0.1) is 16.9 Å². The molecule has 0 fully saturated rings. The number of aromatic nitrogens is 3. The zero-order valence-corrected chi connectivity index (χ0v) is 14.3. The third kappa shape index (κ3) is 3.17. The van der Waals surface area contributed by atoms with E-state index in [2.05, 4.69) is 10.3 Å². The van der Waals surface area contributed by atoms with E-state index in [0.717, 1.165) is 11.3 Å². The van der Waals surface area contributed by atoms with Gasteiger partial charge < -0.3 is 4.74 Å². The maximum atomic E-state index is 13.4. The monoisotopic (exact) mass is 365 g/mol. The van der Waals surface area contributed by atoms with Gasteiger partial charge in [0.25, 0.3) is 0 Å². The zero-order valence-electron chi connectivity index (χ0n) is 13.5. The average molecular weight is 366 g/mol. The number of para-hydroxylation sites is 2. The molecule has 4 nitrogen and oxygen atoms in total. The average Bonchev–Trinajstić information content (AvgIpc) is 3.15. The molecule has 0 aliphatic rings. The van der Waals surface area contributed by atoms with E-state index in [-0.39, 0.29) is 5.02 Å². The fraction of sp³-hybridized carbons (Fsp3) is 0. The van der Waals surface area contributed by atoms with Gasteiger partial charge in [0.15, 0.2) is 5.75 Å². The molecule has 128 valence electrons. The van der Waals surface area contributed by atoms with Crippen LogP contribution >= 0.6 is 11.6 Å². The summed E-state index contributed by atoms with van der Waals surface area (Å²) >= 11 is 5.84. The SMILES string of the molecule is Fc1ccc(Oc2ccccc2-n2nncc2-c2ccccc2)cc1Cl. The molecule has 0 saturated carbocycles. The van der Waals surface area contributed by atoms with Gasteiger partial charge >= 0.3 is 0 Å². The Morgan fingerprint density at radius 1 is 0.923 bits per heavy atom. The van der Waals surface area contributed by atoms with E-state index in [1.807, 2.05) is 54.6 Å². The minimum atomic E-state index is -0.491. The van der Waals surface area contributed by atoms with Crippen molar-refractivity contribution in [2.75, 3.05) is 0 Å². The van der Waals surface area contributed by atoms with Crippen molar-refractivity contribution in [3.63, 3.8) is 0 Å². The minimum absolute atomic E-state index is 0.00529. The first-order chi connectivity index (χ1) is 12.7. The van der Waals surface area contributed by atoms with Crippen LogP contribution in [0.25, 0.3) is 16.9 Å². The lowest BCUT2D eigenvalue weighted by atomic mass is 10.1. The number of hydrogen-bond acceptors (Lipinski definition) is 3. The number of rotatable bonds is 4. The van der Waals surface area contributed by atoms with Gasteiger partial charge in [0.2, 0.25) is 0 Å². The van der Waals surface area contributed by atoms with Crippen molar-refractivity contribution < 1.29 is 9.13 Å². The molecule has 6 heteroatoms. The molecule has 1 aromatic heterocycles. The Morgan fingerprint density at radius 3 is 2.50 bits per heavy atom. The molecule has 3 aromatic carbocycles. The molecule has 0 spiro atoms. The van der Waals surface area contributed by atoms with Crippen LogP contribution in [0.2, 0.25) is 5.02 Å². The predicted octanol–water partition coefficient (Wildman–Crippen LogP) is 5.52. The molecule has 26 heavy (non-hydrogen) atoms. The van der Waals surface area contributed by atoms with E-state index >= 15 is 0 Å². The highest BCUT2D eigenvalue weighted by molar-refractivity contribution is 6.30. The molecule has 4 rings (SSSR count). The van der Waals surface area contributed by atoms with Crippen molar-refractivity contribution >= 4 is 11.6 Å². The molecule has 0 atom stereocenters.